The van der Waals surface area contributed by atoms with Crippen molar-refractivity contribution in [2.45, 2.75) is 54.4 Å². The molecule has 2 N–H and O–H groups in total. The van der Waals surface area contributed by atoms with Crippen LogP contribution in [0.5, 0.6) is 11.5 Å². The molecule has 30 heavy (non-hydrogen) atoms. The highest BCUT2D eigenvalue weighted by Gasteiger charge is 1.94. The van der Waals surface area contributed by atoms with Gasteiger partial charge in [0.1, 0.15) is 11.5 Å². The molecule has 0 amide bonds. The molecule has 0 bridgehead atoms. The number of aromatic hydroxyl groups is 2. The molecule has 4 rings (SSSR count). The molecule has 4 aromatic rings. The first-order valence-corrected chi connectivity index (χ1v) is 10.9. The van der Waals surface area contributed by atoms with Gasteiger partial charge in [0.15, 0.2) is 0 Å². The number of benzene rings is 4. The summed E-state index contributed by atoms with van der Waals surface area (Å²) in [7, 11) is 0. The fourth-order valence-corrected chi connectivity index (χ4v) is 2.39. The SMILES string of the molecule is CC.CCC.CCC.Oc1ccc2ccccc2c1.Oc1cccc2ccccc12. The smallest absolute Gasteiger partial charge is 0.123 e. The van der Waals surface area contributed by atoms with Crippen LogP contribution >= 0.6 is 0 Å². The fourth-order valence-electron chi connectivity index (χ4n) is 2.39. The summed E-state index contributed by atoms with van der Waals surface area (Å²) in [6.07, 6.45) is 2.50. The van der Waals surface area contributed by atoms with Crippen molar-refractivity contribution >= 4 is 21.5 Å². The molecule has 0 unspecified atom stereocenters. The van der Waals surface area contributed by atoms with Crippen LogP contribution in [0.25, 0.3) is 21.5 Å². The van der Waals surface area contributed by atoms with E-state index in [2.05, 4.69) is 27.7 Å². The minimum atomic E-state index is 0.323. The van der Waals surface area contributed by atoms with Gasteiger partial charge in [0.05, 0.1) is 0 Å². The highest BCUT2D eigenvalue weighted by Crippen LogP contribution is 2.23. The largest absolute Gasteiger partial charge is 0.508 e. The second-order valence-electron chi connectivity index (χ2n) is 6.44. The second kappa shape index (κ2) is 16.9. The molecule has 2 heteroatoms. The number of hydrogen-bond donors (Lipinski definition) is 2. The standard InChI is InChI=1S/2C10H8O.2C3H8.C2H6/c11-10-7-3-5-8-4-1-2-6-9(8)10;11-10-6-5-8-3-1-2-4-9(8)7-10;2*1-3-2;1-2/h2*1-7,11H;2*3H2,1-2H3;1-2H3. The van der Waals surface area contributed by atoms with Gasteiger partial charge in [0.2, 0.25) is 0 Å². The van der Waals surface area contributed by atoms with E-state index in [0.29, 0.717) is 11.5 Å². The molecule has 0 aromatic heterocycles. The van der Waals surface area contributed by atoms with Crippen molar-refractivity contribution in [2.75, 3.05) is 0 Å². The molecule has 0 aliphatic rings. The molecule has 0 spiro atoms. The zero-order valence-electron chi connectivity index (χ0n) is 19.4. The Bertz CT molecular complexity index is 931. The van der Waals surface area contributed by atoms with Crippen LogP contribution < -0.4 is 0 Å². The Hall–Kier alpha value is -3.00. The van der Waals surface area contributed by atoms with E-state index < -0.39 is 0 Å². The van der Waals surface area contributed by atoms with Gasteiger partial charge in [-0.15, -0.1) is 0 Å². The van der Waals surface area contributed by atoms with Crippen LogP contribution in [0.3, 0.4) is 0 Å². The Balaban J connectivity index is 0.000000420. The predicted molar refractivity (Wildman–Crippen MR) is 135 cm³/mol. The average Bonchev–Trinajstić information content (AvgIpc) is 2.77. The molecular weight excluding hydrogens is 368 g/mol. The molecule has 0 aliphatic heterocycles. The van der Waals surface area contributed by atoms with Gasteiger partial charge in [-0.05, 0) is 34.4 Å². The van der Waals surface area contributed by atoms with E-state index >= 15 is 0 Å². The Morgan fingerprint density at radius 1 is 0.533 bits per heavy atom. The van der Waals surface area contributed by atoms with E-state index in [1.165, 1.54) is 12.8 Å². The predicted octanol–water partition coefficient (Wildman–Crippen LogP) is 8.95. The summed E-state index contributed by atoms with van der Waals surface area (Å²) in [6.45, 7) is 12.5. The summed E-state index contributed by atoms with van der Waals surface area (Å²) in [4.78, 5) is 0. The summed E-state index contributed by atoms with van der Waals surface area (Å²) >= 11 is 0. The normalized spacial score (nSPS) is 8.87. The van der Waals surface area contributed by atoms with Gasteiger partial charge in [-0.25, -0.2) is 0 Å². The van der Waals surface area contributed by atoms with Gasteiger partial charge in [0.25, 0.3) is 0 Å². The summed E-state index contributed by atoms with van der Waals surface area (Å²) in [6, 6.07) is 26.6. The zero-order valence-corrected chi connectivity index (χ0v) is 19.4. The van der Waals surface area contributed by atoms with E-state index in [1.807, 2.05) is 80.6 Å². The Labute approximate surface area is 182 Å². The van der Waals surface area contributed by atoms with E-state index in [-0.39, 0.29) is 0 Å². The van der Waals surface area contributed by atoms with Crippen molar-refractivity contribution in [1.29, 1.82) is 0 Å². The van der Waals surface area contributed by atoms with Crippen molar-refractivity contribution < 1.29 is 10.2 Å². The maximum atomic E-state index is 9.37. The van der Waals surface area contributed by atoms with Gasteiger partial charge in [0, 0.05) is 5.39 Å². The lowest BCUT2D eigenvalue weighted by molar-refractivity contribution is 0.476. The van der Waals surface area contributed by atoms with Crippen LogP contribution in [-0.2, 0) is 0 Å². The molecule has 0 saturated heterocycles. The number of phenols is 2. The van der Waals surface area contributed by atoms with E-state index in [9.17, 15) is 5.11 Å². The summed E-state index contributed by atoms with van der Waals surface area (Å²) in [5.74, 6) is 0.673. The highest BCUT2D eigenvalue weighted by atomic mass is 16.3. The van der Waals surface area contributed by atoms with Gasteiger partial charge in [-0.2, -0.15) is 0 Å². The van der Waals surface area contributed by atoms with Crippen LogP contribution in [-0.4, -0.2) is 10.2 Å². The van der Waals surface area contributed by atoms with Crippen LogP contribution in [0.15, 0.2) is 84.9 Å². The minimum Gasteiger partial charge on any atom is -0.508 e. The first kappa shape index (κ1) is 27.0. The molecule has 4 aromatic carbocycles. The van der Waals surface area contributed by atoms with E-state index in [1.54, 1.807) is 18.2 Å². The van der Waals surface area contributed by atoms with Gasteiger partial charge >= 0.3 is 0 Å². The van der Waals surface area contributed by atoms with E-state index in [4.69, 9.17) is 5.11 Å². The average molecular weight is 407 g/mol. The first-order chi connectivity index (χ1) is 14.6. The summed E-state index contributed by atoms with van der Waals surface area (Å²) in [5, 5.41) is 22.7. The minimum absolute atomic E-state index is 0.323. The lowest BCUT2D eigenvalue weighted by atomic mass is 10.1. The van der Waals surface area contributed by atoms with Gasteiger partial charge < -0.3 is 10.2 Å². The highest BCUT2D eigenvalue weighted by molar-refractivity contribution is 5.87. The van der Waals surface area contributed by atoms with Crippen molar-refractivity contribution in [3.05, 3.63) is 84.9 Å². The van der Waals surface area contributed by atoms with Crippen LogP contribution in [0, 0.1) is 0 Å². The Kier molecular flexibility index (Phi) is 15.2. The molecule has 0 radical (unpaired) electrons. The quantitative estimate of drug-likeness (QED) is 0.306. The molecule has 162 valence electrons. The van der Waals surface area contributed by atoms with Crippen molar-refractivity contribution in [2.24, 2.45) is 0 Å². The molecule has 2 nitrogen and oxygen atoms in total. The first-order valence-electron chi connectivity index (χ1n) is 10.9. The van der Waals surface area contributed by atoms with Crippen LogP contribution in [0.4, 0.5) is 0 Å². The lowest BCUT2D eigenvalue weighted by Gasteiger charge is -1.97. The molecule has 0 atom stereocenters. The van der Waals surface area contributed by atoms with Crippen molar-refractivity contribution in [3.63, 3.8) is 0 Å². The zero-order chi connectivity index (χ0) is 22.8. The van der Waals surface area contributed by atoms with E-state index in [0.717, 1.165) is 21.5 Å². The van der Waals surface area contributed by atoms with Gasteiger partial charge in [-0.3, -0.25) is 0 Å². The number of hydrogen-bond acceptors (Lipinski definition) is 2. The molecular formula is C28H38O2. The third-order valence-corrected chi connectivity index (χ3v) is 3.50. The Morgan fingerprint density at radius 2 is 1.00 bits per heavy atom. The van der Waals surface area contributed by atoms with Crippen LogP contribution in [0.1, 0.15) is 54.4 Å². The van der Waals surface area contributed by atoms with Crippen LogP contribution in [0.2, 0.25) is 0 Å². The molecule has 0 aliphatic carbocycles. The third-order valence-electron chi connectivity index (χ3n) is 3.50. The third kappa shape index (κ3) is 9.97. The molecule has 0 heterocycles. The van der Waals surface area contributed by atoms with Crippen molar-refractivity contribution in [3.8, 4) is 11.5 Å². The topological polar surface area (TPSA) is 40.5 Å². The second-order valence-corrected chi connectivity index (χ2v) is 6.44. The van der Waals surface area contributed by atoms with Crippen molar-refractivity contribution in [1.82, 2.24) is 0 Å². The number of phenolic OH excluding ortho intramolecular Hbond substituents is 2. The monoisotopic (exact) mass is 406 g/mol. The summed E-state index contributed by atoms with van der Waals surface area (Å²) < 4.78 is 0. The summed E-state index contributed by atoms with van der Waals surface area (Å²) in [5.41, 5.74) is 0. The maximum absolute atomic E-state index is 9.37. The molecule has 0 saturated carbocycles. The number of rotatable bonds is 0. The fraction of sp³-hybridized carbons (Fsp3) is 0.286. The van der Waals surface area contributed by atoms with Gasteiger partial charge in [-0.1, -0.05) is 121 Å². The number of fused-ring (bicyclic) bond motifs is 2. The lowest BCUT2D eigenvalue weighted by Crippen LogP contribution is -1.70. The maximum Gasteiger partial charge on any atom is 0.123 e. The Morgan fingerprint density at radius 3 is 1.57 bits per heavy atom. The molecule has 0 fully saturated rings.